The number of hydrogen-bond acceptors (Lipinski definition) is 3. The topological polar surface area (TPSA) is 44.5 Å². The van der Waals surface area contributed by atoms with Crippen molar-refractivity contribution in [3.63, 3.8) is 0 Å². The summed E-state index contributed by atoms with van der Waals surface area (Å²) >= 11 is 6.03. The molecule has 2 N–H and O–H groups in total. The van der Waals surface area contributed by atoms with E-state index < -0.39 is 0 Å². The van der Waals surface area contributed by atoms with Gasteiger partial charge in [0.05, 0.1) is 7.11 Å². The second-order valence-corrected chi connectivity index (χ2v) is 5.17. The van der Waals surface area contributed by atoms with Gasteiger partial charge in [-0.15, -0.1) is 0 Å². The molecule has 0 heterocycles. The minimum Gasteiger partial charge on any atom is -0.493 e. The standard InChI is InChI=1S/C17H20ClNO2/c1-3-12-7-8-15(16(9-12)20-2)21-17(11-19)13-5-4-6-14(18)10-13/h4-10,17H,3,11,19H2,1-2H3. The van der Waals surface area contributed by atoms with Gasteiger partial charge in [-0.25, -0.2) is 0 Å². The van der Waals surface area contributed by atoms with Gasteiger partial charge in [-0.3, -0.25) is 0 Å². The summed E-state index contributed by atoms with van der Waals surface area (Å²) < 4.78 is 11.4. The molecule has 0 spiro atoms. The highest BCUT2D eigenvalue weighted by molar-refractivity contribution is 6.30. The van der Waals surface area contributed by atoms with Gasteiger partial charge < -0.3 is 15.2 Å². The van der Waals surface area contributed by atoms with Crippen LogP contribution in [0, 0.1) is 0 Å². The number of nitrogens with two attached hydrogens (primary N) is 1. The van der Waals surface area contributed by atoms with Gasteiger partial charge in [0.1, 0.15) is 6.10 Å². The van der Waals surface area contributed by atoms with E-state index in [2.05, 4.69) is 6.92 Å². The highest BCUT2D eigenvalue weighted by Gasteiger charge is 2.15. The summed E-state index contributed by atoms with van der Waals surface area (Å²) in [6.45, 7) is 2.46. The average molecular weight is 306 g/mol. The molecule has 3 nitrogen and oxygen atoms in total. The quantitative estimate of drug-likeness (QED) is 0.877. The van der Waals surface area contributed by atoms with Gasteiger partial charge >= 0.3 is 0 Å². The Morgan fingerprint density at radius 2 is 1.95 bits per heavy atom. The zero-order valence-electron chi connectivity index (χ0n) is 12.3. The van der Waals surface area contributed by atoms with E-state index >= 15 is 0 Å². The van der Waals surface area contributed by atoms with E-state index in [9.17, 15) is 0 Å². The smallest absolute Gasteiger partial charge is 0.162 e. The maximum absolute atomic E-state index is 6.03. The van der Waals surface area contributed by atoms with Gasteiger partial charge in [0, 0.05) is 11.6 Å². The van der Waals surface area contributed by atoms with Crippen molar-refractivity contribution in [2.75, 3.05) is 13.7 Å². The van der Waals surface area contributed by atoms with Crippen LogP contribution >= 0.6 is 11.6 Å². The fraction of sp³-hybridized carbons (Fsp3) is 0.294. The van der Waals surface area contributed by atoms with E-state index in [0.717, 1.165) is 17.7 Å². The third kappa shape index (κ3) is 3.90. The first-order valence-corrected chi connectivity index (χ1v) is 7.34. The second kappa shape index (κ2) is 7.34. The Morgan fingerprint density at radius 1 is 1.14 bits per heavy atom. The Balaban J connectivity index is 2.26. The normalized spacial score (nSPS) is 12.0. The summed E-state index contributed by atoms with van der Waals surface area (Å²) in [5, 5.41) is 0.669. The van der Waals surface area contributed by atoms with E-state index in [-0.39, 0.29) is 6.10 Å². The molecular formula is C17H20ClNO2. The molecule has 2 aromatic carbocycles. The molecule has 1 atom stereocenters. The van der Waals surface area contributed by atoms with Gasteiger partial charge in [-0.2, -0.15) is 0 Å². The number of ether oxygens (including phenoxy) is 2. The number of aryl methyl sites for hydroxylation is 1. The van der Waals surface area contributed by atoms with Crippen LogP contribution in [-0.4, -0.2) is 13.7 Å². The molecule has 2 rings (SSSR count). The van der Waals surface area contributed by atoms with Crippen molar-refractivity contribution in [1.82, 2.24) is 0 Å². The molecule has 112 valence electrons. The lowest BCUT2D eigenvalue weighted by molar-refractivity contribution is 0.204. The lowest BCUT2D eigenvalue weighted by atomic mass is 10.1. The first kappa shape index (κ1) is 15.7. The molecule has 0 amide bonds. The molecule has 0 aliphatic heterocycles. The molecular weight excluding hydrogens is 286 g/mol. The van der Waals surface area contributed by atoms with E-state index in [1.54, 1.807) is 7.11 Å². The van der Waals surface area contributed by atoms with Crippen molar-refractivity contribution in [3.8, 4) is 11.5 Å². The maximum Gasteiger partial charge on any atom is 0.162 e. The molecule has 0 aliphatic carbocycles. The van der Waals surface area contributed by atoms with Crippen molar-refractivity contribution >= 4 is 11.6 Å². The van der Waals surface area contributed by atoms with Crippen LogP contribution in [0.15, 0.2) is 42.5 Å². The Bertz CT molecular complexity index is 601. The molecule has 0 saturated heterocycles. The summed E-state index contributed by atoms with van der Waals surface area (Å²) in [5.74, 6) is 1.40. The predicted molar refractivity (Wildman–Crippen MR) is 86.2 cm³/mol. The number of rotatable bonds is 6. The van der Waals surface area contributed by atoms with E-state index in [1.807, 2.05) is 42.5 Å². The fourth-order valence-electron chi connectivity index (χ4n) is 2.14. The van der Waals surface area contributed by atoms with Crippen LogP contribution < -0.4 is 15.2 Å². The average Bonchev–Trinajstić information content (AvgIpc) is 2.52. The van der Waals surface area contributed by atoms with Crippen molar-refractivity contribution in [1.29, 1.82) is 0 Å². The first-order valence-electron chi connectivity index (χ1n) is 6.97. The third-order valence-electron chi connectivity index (χ3n) is 3.34. The fourth-order valence-corrected chi connectivity index (χ4v) is 2.34. The molecule has 0 saturated carbocycles. The van der Waals surface area contributed by atoms with Crippen molar-refractivity contribution in [3.05, 3.63) is 58.6 Å². The highest BCUT2D eigenvalue weighted by atomic mass is 35.5. The molecule has 0 aromatic heterocycles. The largest absolute Gasteiger partial charge is 0.493 e. The van der Waals surface area contributed by atoms with Crippen LogP contribution in [0.25, 0.3) is 0 Å². The molecule has 0 bridgehead atoms. The SMILES string of the molecule is CCc1ccc(OC(CN)c2cccc(Cl)c2)c(OC)c1. The summed E-state index contributed by atoms with van der Waals surface area (Å²) in [4.78, 5) is 0. The van der Waals surface area contributed by atoms with E-state index in [1.165, 1.54) is 5.56 Å². The zero-order valence-corrected chi connectivity index (χ0v) is 13.1. The molecule has 0 aliphatic rings. The molecule has 21 heavy (non-hydrogen) atoms. The summed E-state index contributed by atoms with van der Waals surface area (Å²) in [6.07, 6.45) is 0.690. The van der Waals surface area contributed by atoms with Crippen LogP contribution in [0.3, 0.4) is 0 Å². The second-order valence-electron chi connectivity index (χ2n) is 4.74. The Morgan fingerprint density at radius 3 is 2.57 bits per heavy atom. The Hall–Kier alpha value is -1.71. The number of methoxy groups -OCH3 is 1. The van der Waals surface area contributed by atoms with Crippen molar-refractivity contribution < 1.29 is 9.47 Å². The monoisotopic (exact) mass is 305 g/mol. The molecule has 0 fully saturated rings. The third-order valence-corrected chi connectivity index (χ3v) is 3.58. The lowest BCUT2D eigenvalue weighted by Gasteiger charge is -2.20. The van der Waals surface area contributed by atoms with Gasteiger partial charge in [0.25, 0.3) is 0 Å². The lowest BCUT2D eigenvalue weighted by Crippen LogP contribution is -2.18. The van der Waals surface area contributed by atoms with Crippen LogP contribution in [0.1, 0.15) is 24.2 Å². The van der Waals surface area contributed by atoms with Gasteiger partial charge in [-0.05, 0) is 41.8 Å². The van der Waals surface area contributed by atoms with Crippen LogP contribution in [-0.2, 0) is 6.42 Å². The van der Waals surface area contributed by atoms with Crippen LogP contribution in [0.5, 0.6) is 11.5 Å². The number of hydrogen-bond donors (Lipinski definition) is 1. The van der Waals surface area contributed by atoms with E-state index in [0.29, 0.717) is 17.3 Å². The predicted octanol–water partition coefficient (Wildman–Crippen LogP) is 3.99. The molecule has 2 aromatic rings. The minimum atomic E-state index is -0.259. The summed E-state index contributed by atoms with van der Waals surface area (Å²) in [6, 6.07) is 13.5. The Kier molecular flexibility index (Phi) is 5.48. The molecule has 1 unspecified atom stereocenters. The highest BCUT2D eigenvalue weighted by Crippen LogP contribution is 2.32. The first-order chi connectivity index (χ1) is 10.2. The van der Waals surface area contributed by atoms with Gasteiger partial charge in [0.15, 0.2) is 11.5 Å². The van der Waals surface area contributed by atoms with E-state index in [4.69, 9.17) is 26.8 Å². The van der Waals surface area contributed by atoms with Crippen LogP contribution in [0.4, 0.5) is 0 Å². The van der Waals surface area contributed by atoms with Gasteiger partial charge in [-0.1, -0.05) is 36.7 Å². The maximum atomic E-state index is 6.03. The van der Waals surface area contributed by atoms with Gasteiger partial charge in [0.2, 0.25) is 0 Å². The minimum absolute atomic E-state index is 0.259. The Labute approximate surface area is 130 Å². The molecule has 4 heteroatoms. The van der Waals surface area contributed by atoms with Crippen molar-refractivity contribution in [2.24, 2.45) is 5.73 Å². The zero-order chi connectivity index (χ0) is 15.2. The number of halogens is 1. The van der Waals surface area contributed by atoms with Crippen LogP contribution in [0.2, 0.25) is 5.02 Å². The molecule has 0 radical (unpaired) electrons. The summed E-state index contributed by atoms with van der Waals surface area (Å²) in [5.41, 5.74) is 7.99. The summed E-state index contributed by atoms with van der Waals surface area (Å²) in [7, 11) is 1.64. The number of benzene rings is 2. The van der Waals surface area contributed by atoms with Crippen molar-refractivity contribution in [2.45, 2.75) is 19.4 Å².